The van der Waals surface area contributed by atoms with Crippen LogP contribution in [0.1, 0.15) is 0 Å². The third-order valence-electron chi connectivity index (χ3n) is 1.22. The van der Waals surface area contributed by atoms with Crippen LogP contribution < -0.4 is 0 Å². The number of carbonyl (C=O) groups is 2. The third kappa shape index (κ3) is 3.36. The van der Waals surface area contributed by atoms with Crippen LogP contribution in [-0.2, 0) is 19.1 Å². The second-order valence-electron chi connectivity index (χ2n) is 2.01. The topological polar surface area (TPSA) is 52.6 Å². The van der Waals surface area contributed by atoms with E-state index >= 15 is 0 Å². The van der Waals surface area contributed by atoms with Gasteiger partial charge in [-0.3, -0.25) is 0 Å². The van der Waals surface area contributed by atoms with Crippen LogP contribution >= 0.6 is 34.8 Å². The highest BCUT2D eigenvalue weighted by Gasteiger charge is 2.26. The van der Waals surface area contributed by atoms with Crippen LogP contribution in [0.4, 0.5) is 0 Å². The molecule has 0 amide bonds. The molecule has 0 radical (unpaired) electrons. The summed E-state index contributed by atoms with van der Waals surface area (Å²) in [7, 11) is 2.22. The van der Waals surface area contributed by atoms with E-state index in [1.54, 1.807) is 0 Å². The predicted octanol–water partition coefficient (Wildman–Crippen LogP) is 1.63. The molecular formula is C7H7Cl3O4. The summed E-state index contributed by atoms with van der Waals surface area (Å²) in [4.78, 5) is 20.8. The lowest BCUT2D eigenvalue weighted by atomic mass is 10.3. The molecule has 0 aliphatic carbocycles. The second kappa shape index (κ2) is 6.11. The Hall–Kier alpha value is -0.450. The largest absolute Gasteiger partial charge is 0.466 e. The number of esters is 2. The van der Waals surface area contributed by atoms with Gasteiger partial charge >= 0.3 is 11.9 Å². The Balaban J connectivity index is 5.15. The van der Waals surface area contributed by atoms with Crippen molar-refractivity contribution in [2.24, 2.45) is 0 Å². The zero-order chi connectivity index (χ0) is 11.3. The highest BCUT2D eigenvalue weighted by Crippen LogP contribution is 2.23. The zero-order valence-corrected chi connectivity index (χ0v) is 9.61. The van der Waals surface area contributed by atoms with Gasteiger partial charge in [-0.05, 0) is 0 Å². The molecule has 0 fully saturated rings. The minimum absolute atomic E-state index is 0.343. The summed E-state index contributed by atoms with van der Waals surface area (Å²) in [6, 6.07) is 0. The fourth-order valence-electron chi connectivity index (χ4n) is 0.584. The number of methoxy groups -OCH3 is 2. The minimum atomic E-state index is -1.26. The van der Waals surface area contributed by atoms with E-state index in [-0.39, 0.29) is 5.57 Å². The summed E-state index contributed by atoms with van der Waals surface area (Å²) in [6.45, 7) is 0. The standard InChI is InChI=1S/C7H7Cl3O4/c1-13-6(11)3(5(9)10)4(8)7(12)14-2/h5H,1-2H3. The lowest BCUT2D eigenvalue weighted by Crippen LogP contribution is -2.16. The van der Waals surface area contributed by atoms with Crippen LogP contribution in [0.2, 0.25) is 0 Å². The summed E-state index contributed by atoms with van der Waals surface area (Å²) in [5.74, 6) is -1.78. The highest BCUT2D eigenvalue weighted by atomic mass is 35.5. The van der Waals surface area contributed by atoms with Gasteiger partial charge in [-0.15, -0.1) is 0 Å². The van der Waals surface area contributed by atoms with Crippen molar-refractivity contribution in [3.05, 3.63) is 10.6 Å². The molecular weight excluding hydrogens is 254 g/mol. The number of hydrogen-bond donors (Lipinski definition) is 0. The van der Waals surface area contributed by atoms with Gasteiger partial charge in [0.2, 0.25) is 0 Å². The van der Waals surface area contributed by atoms with Gasteiger partial charge in [0, 0.05) is 0 Å². The molecule has 4 nitrogen and oxygen atoms in total. The van der Waals surface area contributed by atoms with Crippen molar-refractivity contribution < 1.29 is 19.1 Å². The van der Waals surface area contributed by atoms with Crippen LogP contribution in [-0.4, -0.2) is 31.0 Å². The van der Waals surface area contributed by atoms with Crippen molar-refractivity contribution in [1.29, 1.82) is 0 Å². The van der Waals surface area contributed by atoms with Gasteiger partial charge in [0.1, 0.15) is 9.87 Å². The number of halogens is 3. The Labute approximate surface area is 95.7 Å². The molecule has 0 aliphatic heterocycles. The maximum absolute atomic E-state index is 11.1. The Morgan fingerprint density at radius 3 is 1.79 bits per heavy atom. The molecule has 0 aromatic heterocycles. The normalized spacial score (nSPS) is 12.1. The Bertz CT molecular complexity index is 272. The summed E-state index contributed by atoms with van der Waals surface area (Å²) in [5, 5.41) is -0.491. The van der Waals surface area contributed by atoms with Gasteiger partial charge in [0.25, 0.3) is 0 Å². The molecule has 0 saturated heterocycles. The summed E-state index contributed by atoms with van der Waals surface area (Å²) >= 11 is 16.4. The highest BCUT2D eigenvalue weighted by molar-refractivity contribution is 6.51. The maximum atomic E-state index is 11.1. The van der Waals surface area contributed by atoms with Crippen LogP contribution in [0.25, 0.3) is 0 Å². The van der Waals surface area contributed by atoms with Crippen molar-refractivity contribution in [1.82, 2.24) is 0 Å². The monoisotopic (exact) mass is 260 g/mol. The Kier molecular flexibility index (Phi) is 5.92. The SMILES string of the molecule is COC(=O)C(Cl)=C(C(=O)OC)C(Cl)Cl. The molecule has 0 aromatic rings. The first kappa shape index (κ1) is 13.5. The molecule has 0 aromatic carbocycles. The number of hydrogen-bond acceptors (Lipinski definition) is 4. The van der Waals surface area contributed by atoms with Gasteiger partial charge < -0.3 is 9.47 Å². The third-order valence-corrected chi connectivity index (χ3v) is 2.02. The van der Waals surface area contributed by atoms with E-state index in [0.29, 0.717) is 0 Å². The van der Waals surface area contributed by atoms with Gasteiger partial charge in [-0.2, -0.15) is 0 Å². The van der Waals surface area contributed by atoms with E-state index in [2.05, 4.69) is 9.47 Å². The molecule has 14 heavy (non-hydrogen) atoms. The first-order chi connectivity index (χ1) is 6.45. The number of rotatable bonds is 3. The molecule has 0 rings (SSSR count). The molecule has 80 valence electrons. The van der Waals surface area contributed by atoms with Crippen LogP contribution in [0.5, 0.6) is 0 Å². The minimum Gasteiger partial charge on any atom is -0.466 e. The van der Waals surface area contributed by atoms with Crippen LogP contribution in [0.15, 0.2) is 10.6 Å². The summed E-state index contributed by atoms with van der Waals surface area (Å²) in [5.41, 5.74) is -0.343. The molecule has 0 heterocycles. The van der Waals surface area contributed by atoms with Crippen molar-refractivity contribution in [3.8, 4) is 0 Å². The van der Waals surface area contributed by atoms with E-state index in [1.807, 2.05) is 0 Å². The molecule has 0 bridgehead atoms. The zero-order valence-electron chi connectivity index (χ0n) is 7.34. The van der Waals surface area contributed by atoms with E-state index < -0.39 is 21.8 Å². The van der Waals surface area contributed by atoms with E-state index in [1.165, 1.54) is 0 Å². The van der Waals surface area contributed by atoms with Crippen molar-refractivity contribution in [3.63, 3.8) is 0 Å². The number of alkyl halides is 2. The molecule has 0 N–H and O–H groups in total. The first-order valence-corrected chi connectivity index (χ1v) is 4.55. The molecule has 0 spiro atoms. The van der Waals surface area contributed by atoms with Crippen LogP contribution in [0, 0.1) is 0 Å². The molecule has 7 heteroatoms. The van der Waals surface area contributed by atoms with Crippen molar-refractivity contribution in [2.45, 2.75) is 4.84 Å². The van der Waals surface area contributed by atoms with Gasteiger partial charge in [-0.25, -0.2) is 9.59 Å². The Morgan fingerprint density at radius 1 is 1.07 bits per heavy atom. The maximum Gasteiger partial charge on any atom is 0.350 e. The lowest BCUT2D eigenvalue weighted by Gasteiger charge is -2.07. The summed E-state index contributed by atoms with van der Waals surface area (Å²) in [6.07, 6.45) is 0. The number of ether oxygens (including phenoxy) is 2. The second-order valence-corrected chi connectivity index (χ2v) is 3.49. The fraction of sp³-hybridized carbons (Fsp3) is 0.429. The quantitative estimate of drug-likeness (QED) is 0.440. The lowest BCUT2D eigenvalue weighted by molar-refractivity contribution is -0.138. The average Bonchev–Trinajstić information content (AvgIpc) is 2.15. The molecule has 0 saturated carbocycles. The Morgan fingerprint density at radius 2 is 1.50 bits per heavy atom. The van der Waals surface area contributed by atoms with Crippen molar-refractivity contribution in [2.75, 3.05) is 14.2 Å². The molecule has 0 unspecified atom stereocenters. The van der Waals surface area contributed by atoms with Gasteiger partial charge in [-0.1, -0.05) is 34.8 Å². The van der Waals surface area contributed by atoms with Gasteiger partial charge in [0.15, 0.2) is 0 Å². The van der Waals surface area contributed by atoms with Gasteiger partial charge in [0.05, 0.1) is 19.8 Å². The molecule has 0 atom stereocenters. The average molecular weight is 261 g/mol. The van der Waals surface area contributed by atoms with Crippen molar-refractivity contribution >= 4 is 46.7 Å². The van der Waals surface area contributed by atoms with E-state index in [9.17, 15) is 9.59 Å². The molecule has 0 aliphatic rings. The van der Waals surface area contributed by atoms with E-state index in [0.717, 1.165) is 14.2 Å². The summed E-state index contributed by atoms with van der Waals surface area (Å²) < 4.78 is 8.62. The fourth-order valence-corrected chi connectivity index (χ4v) is 1.36. The predicted molar refractivity (Wildman–Crippen MR) is 52.4 cm³/mol. The van der Waals surface area contributed by atoms with E-state index in [4.69, 9.17) is 34.8 Å². The van der Waals surface area contributed by atoms with Crippen LogP contribution in [0.3, 0.4) is 0 Å². The smallest absolute Gasteiger partial charge is 0.350 e. The number of carbonyl (C=O) groups excluding carboxylic acids is 2. The first-order valence-electron chi connectivity index (χ1n) is 3.30.